The Morgan fingerprint density at radius 3 is 3.20 bits per heavy atom. The van der Waals surface area contributed by atoms with E-state index in [0.717, 1.165) is 19.4 Å². The minimum Gasteiger partial charge on any atom is -0.298 e. The third kappa shape index (κ3) is 0.707. The van der Waals surface area contributed by atoms with E-state index >= 15 is 0 Å². The van der Waals surface area contributed by atoms with Gasteiger partial charge in [0.15, 0.2) is 5.78 Å². The average molecular weight is 140 g/mol. The molecule has 2 atom stereocenters. The van der Waals surface area contributed by atoms with Crippen LogP contribution in [0.4, 0.5) is 0 Å². The largest absolute Gasteiger partial charge is 0.298 e. The van der Waals surface area contributed by atoms with Gasteiger partial charge in [0.05, 0.1) is 6.04 Å². The van der Waals surface area contributed by atoms with Crippen LogP contribution in [0.25, 0.3) is 0 Å². The monoisotopic (exact) mass is 140 g/mol. The van der Waals surface area contributed by atoms with E-state index in [9.17, 15) is 4.79 Å². The molecule has 0 aromatic carbocycles. The second-order valence-electron chi connectivity index (χ2n) is 3.18. The summed E-state index contributed by atoms with van der Waals surface area (Å²) < 4.78 is 0. The maximum Gasteiger partial charge on any atom is 0.151 e. The van der Waals surface area contributed by atoms with Crippen molar-refractivity contribution in [3.8, 4) is 0 Å². The molecular formula is C7H12N2O. The number of hydrogen-bond donors (Lipinski definition) is 1. The van der Waals surface area contributed by atoms with Gasteiger partial charge in [0.25, 0.3) is 0 Å². The second-order valence-corrected chi connectivity index (χ2v) is 3.18. The van der Waals surface area contributed by atoms with Crippen molar-refractivity contribution in [2.75, 3.05) is 13.6 Å². The predicted molar refractivity (Wildman–Crippen MR) is 37.3 cm³/mol. The van der Waals surface area contributed by atoms with Crippen LogP contribution in [0.1, 0.15) is 12.8 Å². The Labute approximate surface area is 60.4 Å². The lowest BCUT2D eigenvalue weighted by molar-refractivity contribution is -0.121. The van der Waals surface area contributed by atoms with Gasteiger partial charge in [0.2, 0.25) is 0 Å². The Kier molecular flexibility index (Phi) is 1.28. The molecule has 0 aromatic heterocycles. The maximum atomic E-state index is 11.2. The van der Waals surface area contributed by atoms with Crippen LogP contribution in [0.2, 0.25) is 0 Å². The van der Waals surface area contributed by atoms with Gasteiger partial charge in [-0.25, -0.2) is 5.01 Å². The molecule has 3 heteroatoms. The van der Waals surface area contributed by atoms with Crippen molar-refractivity contribution in [2.24, 2.45) is 5.92 Å². The van der Waals surface area contributed by atoms with E-state index in [1.807, 2.05) is 12.1 Å². The topological polar surface area (TPSA) is 32.3 Å². The summed E-state index contributed by atoms with van der Waals surface area (Å²) in [4.78, 5) is 11.2. The maximum absolute atomic E-state index is 11.2. The number of ketones is 1. The molecule has 1 saturated heterocycles. The molecule has 3 nitrogen and oxygen atoms in total. The fourth-order valence-electron chi connectivity index (χ4n) is 2.00. The standard InChI is InChI=1S/C7H12N2O/c1-9-7-5(4-8-9)2-3-6(7)10/h5,7-8H,2-4H2,1H3. The highest BCUT2D eigenvalue weighted by atomic mass is 16.1. The van der Waals surface area contributed by atoms with Crippen molar-refractivity contribution >= 4 is 5.78 Å². The zero-order valence-electron chi connectivity index (χ0n) is 6.13. The van der Waals surface area contributed by atoms with Gasteiger partial charge in [-0.2, -0.15) is 0 Å². The number of fused-ring (bicyclic) bond motifs is 1. The van der Waals surface area contributed by atoms with Crippen LogP contribution in [0, 0.1) is 5.92 Å². The van der Waals surface area contributed by atoms with Crippen molar-refractivity contribution in [1.82, 2.24) is 10.4 Å². The number of carbonyl (C=O) groups is 1. The Bertz CT molecular complexity index is 169. The minimum absolute atomic E-state index is 0.194. The van der Waals surface area contributed by atoms with E-state index in [2.05, 4.69) is 5.43 Å². The fourth-order valence-corrected chi connectivity index (χ4v) is 2.00. The van der Waals surface area contributed by atoms with Gasteiger partial charge in [-0.1, -0.05) is 0 Å². The molecule has 0 bridgehead atoms. The minimum atomic E-state index is 0.194. The van der Waals surface area contributed by atoms with Crippen LogP contribution in [0.15, 0.2) is 0 Å². The number of likely N-dealkylation sites (N-methyl/N-ethyl adjacent to an activating group) is 1. The van der Waals surface area contributed by atoms with Crippen LogP contribution in [0.3, 0.4) is 0 Å². The molecule has 0 amide bonds. The number of rotatable bonds is 0. The van der Waals surface area contributed by atoms with Gasteiger partial charge in [0.1, 0.15) is 0 Å². The smallest absolute Gasteiger partial charge is 0.151 e. The molecule has 1 N–H and O–H groups in total. The number of hydrogen-bond acceptors (Lipinski definition) is 3. The lowest BCUT2D eigenvalue weighted by atomic mass is 10.1. The van der Waals surface area contributed by atoms with Crippen LogP contribution >= 0.6 is 0 Å². The summed E-state index contributed by atoms with van der Waals surface area (Å²) in [7, 11) is 1.95. The fraction of sp³-hybridized carbons (Fsp3) is 0.857. The molecule has 0 spiro atoms. The molecule has 1 aliphatic heterocycles. The van der Waals surface area contributed by atoms with Crippen molar-refractivity contribution in [2.45, 2.75) is 18.9 Å². The van der Waals surface area contributed by atoms with Gasteiger partial charge < -0.3 is 0 Å². The van der Waals surface area contributed by atoms with Gasteiger partial charge in [-0.05, 0) is 12.3 Å². The summed E-state index contributed by atoms with van der Waals surface area (Å²) in [6, 6.07) is 0.194. The van der Waals surface area contributed by atoms with E-state index in [1.54, 1.807) is 0 Å². The third-order valence-electron chi connectivity index (χ3n) is 2.56. The summed E-state index contributed by atoms with van der Waals surface area (Å²) in [5, 5.41) is 1.96. The molecule has 1 aliphatic carbocycles. The van der Waals surface area contributed by atoms with E-state index in [4.69, 9.17) is 0 Å². The number of hydrazine groups is 1. The Balaban J connectivity index is 2.19. The zero-order chi connectivity index (χ0) is 7.14. The quantitative estimate of drug-likeness (QED) is 0.505. The number of nitrogens with zero attached hydrogens (tertiary/aromatic N) is 1. The molecular weight excluding hydrogens is 128 g/mol. The van der Waals surface area contributed by atoms with E-state index in [1.165, 1.54) is 0 Å². The molecule has 1 saturated carbocycles. The Hall–Kier alpha value is -0.410. The summed E-state index contributed by atoms with van der Waals surface area (Å²) in [6.45, 7) is 0.993. The summed E-state index contributed by atoms with van der Waals surface area (Å²) in [5.41, 5.74) is 3.16. The van der Waals surface area contributed by atoms with Crippen molar-refractivity contribution in [3.05, 3.63) is 0 Å². The summed E-state index contributed by atoms with van der Waals surface area (Å²) in [5.74, 6) is 1.01. The first kappa shape index (κ1) is 6.31. The SMILES string of the molecule is CN1NCC2CCC(=O)C21. The molecule has 0 aromatic rings. The summed E-state index contributed by atoms with van der Waals surface area (Å²) in [6.07, 6.45) is 1.88. The zero-order valence-corrected chi connectivity index (χ0v) is 6.13. The molecule has 10 heavy (non-hydrogen) atoms. The first-order valence-electron chi connectivity index (χ1n) is 3.78. The lowest BCUT2D eigenvalue weighted by Gasteiger charge is -2.14. The first-order valence-corrected chi connectivity index (χ1v) is 3.78. The number of nitrogens with one attached hydrogen (secondary N) is 1. The van der Waals surface area contributed by atoms with Crippen molar-refractivity contribution in [3.63, 3.8) is 0 Å². The van der Waals surface area contributed by atoms with Crippen LogP contribution in [-0.2, 0) is 4.79 Å². The van der Waals surface area contributed by atoms with Gasteiger partial charge in [-0.3, -0.25) is 10.2 Å². The van der Waals surface area contributed by atoms with Crippen LogP contribution < -0.4 is 5.43 Å². The van der Waals surface area contributed by atoms with Crippen molar-refractivity contribution < 1.29 is 4.79 Å². The van der Waals surface area contributed by atoms with Gasteiger partial charge in [0, 0.05) is 20.0 Å². The van der Waals surface area contributed by atoms with E-state index < -0.39 is 0 Å². The highest BCUT2D eigenvalue weighted by Gasteiger charge is 2.41. The molecule has 2 unspecified atom stereocenters. The normalized spacial score (nSPS) is 40.7. The van der Waals surface area contributed by atoms with E-state index in [-0.39, 0.29) is 6.04 Å². The second kappa shape index (κ2) is 2.04. The molecule has 2 fully saturated rings. The van der Waals surface area contributed by atoms with Gasteiger partial charge >= 0.3 is 0 Å². The Morgan fingerprint density at radius 2 is 2.50 bits per heavy atom. The number of carbonyl (C=O) groups excluding carboxylic acids is 1. The Morgan fingerprint density at radius 1 is 1.70 bits per heavy atom. The molecule has 0 radical (unpaired) electrons. The predicted octanol–water partition coefficient (Wildman–Crippen LogP) is -0.216. The average Bonchev–Trinajstić information content (AvgIpc) is 2.40. The third-order valence-corrected chi connectivity index (χ3v) is 2.56. The van der Waals surface area contributed by atoms with Gasteiger partial charge in [-0.15, -0.1) is 0 Å². The lowest BCUT2D eigenvalue weighted by Crippen LogP contribution is -2.37. The molecule has 56 valence electrons. The van der Waals surface area contributed by atoms with Crippen LogP contribution in [-0.4, -0.2) is 30.4 Å². The van der Waals surface area contributed by atoms with E-state index in [0.29, 0.717) is 11.7 Å². The highest BCUT2D eigenvalue weighted by Crippen LogP contribution is 2.28. The van der Waals surface area contributed by atoms with Crippen molar-refractivity contribution in [1.29, 1.82) is 0 Å². The number of Topliss-reactive ketones (excluding diaryl/α,β-unsaturated/α-hetero) is 1. The summed E-state index contributed by atoms with van der Waals surface area (Å²) >= 11 is 0. The molecule has 2 rings (SSSR count). The molecule has 1 heterocycles. The molecule has 2 aliphatic rings. The highest BCUT2D eigenvalue weighted by molar-refractivity contribution is 5.86. The van der Waals surface area contributed by atoms with Crippen LogP contribution in [0.5, 0.6) is 0 Å². The first-order chi connectivity index (χ1) is 4.79.